The largest absolute Gasteiger partial charge is 0.459 e. The molecule has 1 fully saturated rings. The summed E-state index contributed by atoms with van der Waals surface area (Å²) in [7, 11) is 0. The lowest BCUT2D eigenvalue weighted by Gasteiger charge is -2.43. The van der Waals surface area contributed by atoms with Gasteiger partial charge in [-0.1, -0.05) is 30.3 Å². The molecule has 1 aromatic rings. The van der Waals surface area contributed by atoms with Crippen LogP contribution in [0.25, 0.3) is 0 Å². The Bertz CT molecular complexity index is 430. The summed E-state index contributed by atoms with van der Waals surface area (Å²) in [6.45, 7) is 9.52. The molecule has 1 aliphatic rings. The van der Waals surface area contributed by atoms with E-state index in [-0.39, 0.29) is 12.1 Å². The molecule has 3 heteroatoms. The number of ether oxygens (including phenoxy) is 1. The van der Waals surface area contributed by atoms with Crippen LogP contribution in [0.1, 0.15) is 39.3 Å². The second kappa shape index (κ2) is 5.33. The second-order valence-electron chi connectivity index (χ2n) is 6.32. The first kappa shape index (κ1) is 14.1. The van der Waals surface area contributed by atoms with E-state index in [2.05, 4.69) is 36.1 Å². The maximum absolute atomic E-state index is 11.8. The van der Waals surface area contributed by atoms with E-state index in [1.807, 2.05) is 26.8 Å². The average Bonchev–Trinajstić information content (AvgIpc) is 2.32. The molecule has 1 aliphatic heterocycles. The molecule has 1 saturated heterocycles. The van der Waals surface area contributed by atoms with E-state index in [0.717, 1.165) is 13.1 Å². The van der Waals surface area contributed by atoms with Gasteiger partial charge in [0.2, 0.25) is 0 Å². The minimum atomic E-state index is -0.411. The minimum absolute atomic E-state index is 0.0536. The lowest BCUT2D eigenvalue weighted by atomic mass is 9.96. The summed E-state index contributed by atoms with van der Waals surface area (Å²) in [5.41, 5.74) is 0.897. The highest BCUT2D eigenvalue weighted by Crippen LogP contribution is 2.27. The number of hydrogen-bond acceptors (Lipinski definition) is 3. The van der Waals surface area contributed by atoms with Gasteiger partial charge in [-0.25, -0.2) is 0 Å². The van der Waals surface area contributed by atoms with Gasteiger partial charge < -0.3 is 4.74 Å². The Morgan fingerprint density at radius 2 is 1.84 bits per heavy atom. The van der Waals surface area contributed by atoms with Gasteiger partial charge in [-0.05, 0) is 33.3 Å². The van der Waals surface area contributed by atoms with Gasteiger partial charge in [-0.15, -0.1) is 0 Å². The van der Waals surface area contributed by atoms with Gasteiger partial charge in [0, 0.05) is 19.1 Å². The molecule has 0 amide bonds. The maximum Gasteiger partial charge on any atom is 0.311 e. The molecular formula is C16H23NO2. The van der Waals surface area contributed by atoms with Gasteiger partial charge in [0.05, 0.1) is 5.41 Å². The highest BCUT2D eigenvalue weighted by molar-refractivity contribution is 5.75. The molecule has 0 N–H and O–H groups in total. The van der Waals surface area contributed by atoms with Crippen molar-refractivity contribution in [3.63, 3.8) is 0 Å². The Morgan fingerprint density at radius 3 is 2.37 bits per heavy atom. The number of carbonyl (C=O) groups is 1. The molecule has 2 rings (SSSR count). The predicted octanol–water partition coefficient (Wildman–Crippen LogP) is 3.02. The van der Waals surface area contributed by atoms with Crippen molar-refractivity contribution in [3.8, 4) is 0 Å². The minimum Gasteiger partial charge on any atom is -0.459 e. The normalized spacial score (nSPS) is 18.7. The SMILES string of the molecule is CC(c1ccccc1)N1CC(OC(=O)C(C)(C)C)C1. The van der Waals surface area contributed by atoms with Crippen LogP contribution >= 0.6 is 0 Å². The summed E-state index contributed by atoms with van der Waals surface area (Å²) < 4.78 is 5.49. The zero-order valence-corrected chi connectivity index (χ0v) is 12.2. The molecule has 104 valence electrons. The molecule has 1 atom stereocenters. The second-order valence-corrected chi connectivity index (χ2v) is 6.32. The van der Waals surface area contributed by atoms with Crippen LogP contribution in [0.2, 0.25) is 0 Å². The van der Waals surface area contributed by atoms with Crippen molar-refractivity contribution in [2.24, 2.45) is 5.41 Å². The molecule has 0 aromatic heterocycles. The molecule has 0 saturated carbocycles. The summed E-state index contributed by atoms with van der Waals surface area (Å²) in [5, 5.41) is 0. The van der Waals surface area contributed by atoms with Crippen LogP contribution < -0.4 is 0 Å². The van der Waals surface area contributed by atoms with Crippen LogP contribution in [0.3, 0.4) is 0 Å². The van der Waals surface area contributed by atoms with Gasteiger partial charge in [0.25, 0.3) is 0 Å². The van der Waals surface area contributed by atoms with E-state index < -0.39 is 5.41 Å². The molecule has 1 heterocycles. The molecular weight excluding hydrogens is 238 g/mol. The quantitative estimate of drug-likeness (QED) is 0.783. The topological polar surface area (TPSA) is 29.5 Å². The van der Waals surface area contributed by atoms with Crippen LogP contribution in [0.4, 0.5) is 0 Å². The Labute approximate surface area is 115 Å². The summed E-state index contributed by atoms with van der Waals surface area (Å²) in [6, 6.07) is 10.8. The Hall–Kier alpha value is -1.35. The van der Waals surface area contributed by atoms with Crippen LogP contribution in [0.5, 0.6) is 0 Å². The third kappa shape index (κ3) is 3.35. The first-order valence-electron chi connectivity index (χ1n) is 6.88. The van der Waals surface area contributed by atoms with Crippen molar-refractivity contribution in [2.75, 3.05) is 13.1 Å². The Kier molecular flexibility index (Phi) is 3.95. The molecule has 0 aliphatic carbocycles. The molecule has 19 heavy (non-hydrogen) atoms. The number of nitrogens with zero attached hydrogens (tertiary/aromatic N) is 1. The van der Waals surface area contributed by atoms with Crippen molar-refractivity contribution >= 4 is 5.97 Å². The van der Waals surface area contributed by atoms with E-state index in [0.29, 0.717) is 6.04 Å². The number of rotatable bonds is 3. The fraction of sp³-hybridized carbons (Fsp3) is 0.562. The van der Waals surface area contributed by atoms with E-state index in [4.69, 9.17) is 4.74 Å². The summed E-state index contributed by atoms with van der Waals surface area (Å²) in [4.78, 5) is 14.1. The molecule has 0 radical (unpaired) electrons. The lowest BCUT2D eigenvalue weighted by Crippen LogP contribution is -2.54. The number of hydrogen-bond donors (Lipinski definition) is 0. The van der Waals surface area contributed by atoms with Gasteiger partial charge in [0.15, 0.2) is 0 Å². The predicted molar refractivity (Wildman–Crippen MR) is 75.8 cm³/mol. The van der Waals surface area contributed by atoms with E-state index >= 15 is 0 Å². The molecule has 3 nitrogen and oxygen atoms in total. The number of likely N-dealkylation sites (tertiary alicyclic amines) is 1. The van der Waals surface area contributed by atoms with Crippen molar-refractivity contribution in [2.45, 2.75) is 39.8 Å². The first-order chi connectivity index (χ1) is 8.88. The fourth-order valence-corrected chi connectivity index (χ4v) is 2.13. The monoisotopic (exact) mass is 261 g/mol. The zero-order valence-electron chi connectivity index (χ0n) is 12.2. The third-order valence-electron chi connectivity index (χ3n) is 3.59. The highest BCUT2D eigenvalue weighted by Gasteiger charge is 2.35. The van der Waals surface area contributed by atoms with Crippen LogP contribution in [0, 0.1) is 5.41 Å². The average molecular weight is 261 g/mol. The van der Waals surface area contributed by atoms with E-state index in [1.165, 1.54) is 5.56 Å². The number of esters is 1. The summed E-state index contributed by atoms with van der Waals surface area (Å²) >= 11 is 0. The number of carbonyl (C=O) groups excluding carboxylic acids is 1. The lowest BCUT2D eigenvalue weighted by molar-refractivity contribution is -0.168. The highest BCUT2D eigenvalue weighted by atomic mass is 16.5. The van der Waals surface area contributed by atoms with Crippen molar-refractivity contribution in [1.82, 2.24) is 4.90 Å². The Morgan fingerprint density at radius 1 is 1.26 bits per heavy atom. The molecule has 0 bridgehead atoms. The van der Waals surface area contributed by atoms with Crippen LogP contribution in [0.15, 0.2) is 30.3 Å². The molecule has 1 aromatic carbocycles. The van der Waals surface area contributed by atoms with E-state index in [9.17, 15) is 4.79 Å². The fourth-order valence-electron chi connectivity index (χ4n) is 2.13. The molecule has 0 spiro atoms. The number of benzene rings is 1. The standard InChI is InChI=1S/C16H23NO2/c1-12(13-8-6-5-7-9-13)17-10-14(11-17)19-15(18)16(2,3)4/h5-9,12,14H,10-11H2,1-4H3. The van der Waals surface area contributed by atoms with Gasteiger partial charge in [-0.2, -0.15) is 0 Å². The zero-order chi connectivity index (χ0) is 14.0. The van der Waals surface area contributed by atoms with Crippen LogP contribution in [-0.4, -0.2) is 30.1 Å². The smallest absolute Gasteiger partial charge is 0.311 e. The third-order valence-corrected chi connectivity index (χ3v) is 3.59. The maximum atomic E-state index is 11.8. The van der Waals surface area contributed by atoms with Crippen molar-refractivity contribution in [1.29, 1.82) is 0 Å². The van der Waals surface area contributed by atoms with E-state index in [1.54, 1.807) is 0 Å². The van der Waals surface area contributed by atoms with Crippen LogP contribution in [-0.2, 0) is 9.53 Å². The summed E-state index contributed by atoms with van der Waals surface area (Å²) in [6.07, 6.45) is 0.0536. The Balaban J connectivity index is 1.82. The molecule has 1 unspecified atom stereocenters. The van der Waals surface area contributed by atoms with Gasteiger partial charge >= 0.3 is 5.97 Å². The summed E-state index contributed by atoms with van der Waals surface area (Å²) in [5.74, 6) is -0.107. The van der Waals surface area contributed by atoms with Gasteiger partial charge in [0.1, 0.15) is 6.10 Å². The van der Waals surface area contributed by atoms with Crippen molar-refractivity contribution < 1.29 is 9.53 Å². The van der Waals surface area contributed by atoms with Gasteiger partial charge in [-0.3, -0.25) is 9.69 Å². The first-order valence-corrected chi connectivity index (χ1v) is 6.88. The van der Waals surface area contributed by atoms with Crippen molar-refractivity contribution in [3.05, 3.63) is 35.9 Å².